The SMILES string of the molecule is CO/C(=C/c1c(Cl)cc(C(=O)Nc2nc(-c3cccc(COCC(C)(C)C)c3OC)cs2)cc1Cl)C(=O)O. The van der Waals surface area contributed by atoms with Crippen LogP contribution in [0, 0.1) is 5.41 Å². The highest BCUT2D eigenvalue weighted by Crippen LogP contribution is 2.36. The average Bonchev–Trinajstić information content (AvgIpc) is 3.30. The first-order valence-electron chi connectivity index (χ1n) is 11.4. The maximum Gasteiger partial charge on any atom is 0.371 e. The van der Waals surface area contributed by atoms with Gasteiger partial charge in [0.15, 0.2) is 5.13 Å². The van der Waals surface area contributed by atoms with Crippen LogP contribution in [0.15, 0.2) is 41.5 Å². The Labute approximate surface area is 235 Å². The van der Waals surface area contributed by atoms with Crippen LogP contribution in [-0.2, 0) is 20.9 Å². The summed E-state index contributed by atoms with van der Waals surface area (Å²) in [7, 11) is 2.82. The summed E-state index contributed by atoms with van der Waals surface area (Å²) < 4.78 is 16.4. The third kappa shape index (κ3) is 7.48. The molecule has 0 aliphatic carbocycles. The predicted octanol–water partition coefficient (Wildman–Crippen LogP) is 7.01. The minimum atomic E-state index is -1.28. The van der Waals surface area contributed by atoms with E-state index in [-0.39, 0.29) is 32.3 Å². The number of nitrogens with zero attached hydrogens (tertiary/aromatic N) is 1. The van der Waals surface area contributed by atoms with Gasteiger partial charge in [-0.3, -0.25) is 10.1 Å². The second-order valence-electron chi connectivity index (χ2n) is 9.41. The zero-order valence-corrected chi connectivity index (χ0v) is 23.9. The number of carbonyl (C=O) groups excluding carboxylic acids is 1. The van der Waals surface area contributed by atoms with E-state index < -0.39 is 11.9 Å². The summed E-state index contributed by atoms with van der Waals surface area (Å²) in [6.07, 6.45) is 1.19. The number of anilines is 1. The molecule has 0 aliphatic heterocycles. The Balaban J connectivity index is 1.80. The zero-order chi connectivity index (χ0) is 28.0. The molecule has 1 amide bonds. The number of carboxylic acid groups (broad SMARTS) is 1. The molecule has 2 N–H and O–H groups in total. The number of amides is 1. The van der Waals surface area contributed by atoms with Gasteiger partial charge in [0, 0.05) is 27.6 Å². The molecule has 1 heterocycles. The number of hydrogen-bond acceptors (Lipinski definition) is 7. The summed E-state index contributed by atoms with van der Waals surface area (Å²) in [6.45, 7) is 7.32. The Kier molecular flexibility index (Phi) is 9.78. The molecular formula is C27H28Cl2N2O6S. The fourth-order valence-corrected chi connectivity index (χ4v) is 4.73. The van der Waals surface area contributed by atoms with Gasteiger partial charge in [-0.15, -0.1) is 11.3 Å². The van der Waals surface area contributed by atoms with E-state index in [4.69, 9.17) is 42.5 Å². The van der Waals surface area contributed by atoms with E-state index in [0.29, 0.717) is 29.8 Å². The molecular weight excluding hydrogens is 551 g/mol. The number of aliphatic carboxylic acids is 1. The van der Waals surface area contributed by atoms with Crippen LogP contribution in [0.1, 0.15) is 42.3 Å². The second-order valence-corrected chi connectivity index (χ2v) is 11.1. The zero-order valence-electron chi connectivity index (χ0n) is 21.6. The lowest BCUT2D eigenvalue weighted by atomic mass is 9.99. The van der Waals surface area contributed by atoms with E-state index in [0.717, 1.165) is 11.1 Å². The molecule has 0 fully saturated rings. The van der Waals surface area contributed by atoms with Gasteiger partial charge in [0.1, 0.15) is 5.75 Å². The molecule has 38 heavy (non-hydrogen) atoms. The van der Waals surface area contributed by atoms with Gasteiger partial charge in [0.2, 0.25) is 5.76 Å². The Bertz CT molecular complexity index is 1340. The molecule has 2 aromatic carbocycles. The van der Waals surface area contributed by atoms with Crippen molar-refractivity contribution < 1.29 is 28.9 Å². The van der Waals surface area contributed by atoms with Gasteiger partial charge in [-0.25, -0.2) is 9.78 Å². The van der Waals surface area contributed by atoms with Crippen LogP contribution in [0.25, 0.3) is 17.3 Å². The molecule has 0 atom stereocenters. The Hall–Kier alpha value is -3.11. The van der Waals surface area contributed by atoms with Crippen LogP contribution in [0.5, 0.6) is 5.75 Å². The minimum Gasteiger partial charge on any atom is -0.496 e. The number of carbonyl (C=O) groups is 2. The highest BCUT2D eigenvalue weighted by atomic mass is 35.5. The Morgan fingerprint density at radius 2 is 1.84 bits per heavy atom. The predicted molar refractivity (Wildman–Crippen MR) is 150 cm³/mol. The van der Waals surface area contributed by atoms with Gasteiger partial charge < -0.3 is 19.3 Å². The largest absolute Gasteiger partial charge is 0.496 e. The van der Waals surface area contributed by atoms with E-state index in [1.54, 1.807) is 7.11 Å². The number of aromatic nitrogens is 1. The molecule has 11 heteroatoms. The summed E-state index contributed by atoms with van der Waals surface area (Å²) in [5.74, 6) is -1.45. The van der Waals surface area contributed by atoms with Crippen LogP contribution in [0.2, 0.25) is 10.0 Å². The number of ether oxygens (including phenoxy) is 3. The number of halogens is 2. The van der Waals surface area contributed by atoms with Crippen molar-refractivity contribution in [1.82, 2.24) is 4.98 Å². The number of hydrogen-bond donors (Lipinski definition) is 2. The average molecular weight is 580 g/mol. The first-order valence-corrected chi connectivity index (χ1v) is 13.1. The van der Waals surface area contributed by atoms with Crippen LogP contribution < -0.4 is 10.1 Å². The lowest BCUT2D eigenvalue weighted by Gasteiger charge is -2.19. The van der Waals surface area contributed by atoms with Gasteiger partial charge in [0.05, 0.1) is 43.2 Å². The highest BCUT2D eigenvalue weighted by Gasteiger charge is 2.18. The van der Waals surface area contributed by atoms with Gasteiger partial charge in [-0.2, -0.15) is 0 Å². The monoisotopic (exact) mass is 578 g/mol. The van der Waals surface area contributed by atoms with Crippen molar-refractivity contribution in [3.8, 4) is 17.0 Å². The summed E-state index contributed by atoms with van der Waals surface area (Å²) in [6, 6.07) is 8.53. The number of para-hydroxylation sites is 1. The summed E-state index contributed by atoms with van der Waals surface area (Å²) in [4.78, 5) is 28.7. The molecule has 0 aliphatic rings. The molecule has 202 valence electrons. The highest BCUT2D eigenvalue weighted by molar-refractivity contribution is 7.14. The van der Waals surface area contributed by atoms with Crippen molar-refractivity contribution in [2.24, 2.45) is 5.41 Å². The molecule has 1 aromatic heterocycles. The van der Waals surface area contributed by atoms with Crippen molar-refractivity contribution in [2.45, 2.75) is 27.4 Å². The first-order chi connectivity index (χ1) is 17.9. The van der Waals surface area contributed by atoms with Crippen LogP contribution in [0.4, 0.5) is 5.13 Å². The number of carboxylic acids is 1. The van der Waals surface area contributed by atoms with Crippen LogP contribution >= 0.6 is 34.5 Å². The van der Waals surface area contributed by atoms with Crippen LogP contribution in [0.3, 0.4) is 0 Å². The summed E-state index contributed by atoms with van der Waals surface area (Å²) in [5, 5.41) is 14.3. The molecule has 0 radical (unpaired) electrons. The smallest absolute Gasteiger partial charge is 0.371 e. The Morgan fingerprint density at radius 3 is 2.42 bits per heavy atom. The quantitative estimate of drug-likeness (QED) is 0.197. The maximum atomic E-state index is 12.9. The molecule has 0 bridgehead atoms. The first kappa shape index (κ1) is 29.4. The van der Waals surface area contributed by atoms with Gasteiger partial charge in [-0.1, -0.05) is 56.1 Å². The second kappa shape index (κ2) is 12.6. The van der Waals surface area contributed by atoms with E-state index in [2.05, 4.69) is 31.1 Å². The van der Waals surface area contributed by atoms with E-state index in [1.807, 2.05) is 23.6 Å². The number of benzene rings is 2. The van der Waals surface area contributed by atoms with E-state index in [1.165, 1.54) is 36.7 Å². The molecule has 0 saturated carbocycles. The molecule has 0 unspecified atom stereocenters. The minimum absolute atomic E-state index is 0.0453. The number of thiazole rings is 1. The molecule has 0 saturated heterocycles. The maximum absolute atomic E-state index is 12.9. The number of methoxy groups -OCH3 is 2. The van der Waals surface area contributed by atoms with E-state index >= 15 is 0 Å². The number of nitrogens with one attached hydrogen (secondary N) is 1. The third-order valence-corrected chi connectivity index (χ3v) is 6.52. The van der Waals surface area contributed by atoms with Crippen molar-refractivity contribution in [3.05, 3.63) is 68.2 Å². The van der Waals surface area contributed by atoms with Gasteiger partial charge >= 0.3 is 5.97 Å². The lowest BCUT2D eigenvalue weighted by molar-refractivity contribution is -0.135. The Morgan fingerprint density at radius 1 is 1.16 bits per heavy atom. The standard InChI is InChI=1S/C27H28Cl2N2O6S/c1-27(2,3)14-37-12-15-7-6-8-17(23(15)36-5)21-13-38-26(30-21)31-24(32)16-9-19(28)18(20(29)10-16)11-22(35-4)25(33)34/h6-11,13H,12,14H2,1-5H3,(H,33,34)(H,30,31,32)/b22-11+. The fraction of sp³-hybridized carbons (Fsp3) is 0.296. The van der Waals surface area contributed by atoms with Gasteiger partial charge in [-0.05, 0) is 29.7 Å². The molecule has 3 aromatic rings. The summed E-state index contributed by atoms with van der Waals surface area (Å²) >= 11 is 13.8. The topological polar surface area (TPSA) is 107 Å². The molecule has 3 rings (SSSR count). The van der Waals surface area contributed by atoms with Crippen molar-refractivity contribution in [3.63, 3.8) is 0 Å². The lowest BCUT2D eigenvalue weighted by Crippen LogP contribution is -2.14. The summed E-state index contributed by atoms with van der Waals surface area (Å²) in [5.41, 5.74) is 2.75. The van der Waals surface area contributed by atoms with Crippen LogP contribution in [-0.4, -0.2) is 42.8 Å². The fourth-order valence-electron chi connectivity index (χ4n) is 3.42. The third-order valence-electron chi connectivity index (χ3n) is 5.14. The van der Waals surface area contributed by atoms with E-state index in [9.17, 15) is 9.59 Å². The normalized spacial score (nSPS) is 11.8. The molecule has 0 spiro atoms. The van der Waals surface area contributed by atoms with Crippen molar-refractivity contribution in [2.75, 3.05) is 26.1 Å². The van der Waals surface area contributed by atoms with Crippen molar-refractivity contribution >= 4 is 57.6 Å². The number of rotatable bonds is 10. The van der Waals surface area contributed by atoms with Gasteiger partial charge in [0.25, 0.3) is 5.91 Å². The van der Waals surface area contributed by atoms with Crippen molar-refractivity contribution in [1.29, 1.82) is 0 Å². The molecule has 8 nitrogen and oxygen atoms in total.